The Morgan fingerprint density at radius 1 is 1.33 bits per heavy atom. The lowest BCUT2D eigenvalue weighted by atomic mass is 10.2. The van der Waals surface area contributed by atoms with Crippen molar-refractivity contribution in [1.29, 1.82) is 0 Å². The molecule has 0 saturated heterocycles. The van der Waals surface area contributed by atoms with Gasteiger partial charge in [0.25, 0.3) is 0 Å². The molecule has 0 amide bonds. The van der Waals surface area contributed by atoms with Crippen LogP contribution >= 0.6 is 11.3 Å². The van der Waals surface area contributed by atoms with Crippen molar-refractivity contribution in [2.45, 2.75) is 19.8 Å². The summed E-state index contributed by atoms with van der Waals surface area (Å²) in [6, 6.07) is 3.76. The topological polar surface area (TPSA) is 56.2 Å². The number of furan rings is 1. The molecule has 0 spiro atoms. The highest BCUT2D eigenvalue weighted by atomic mass is 32.1. The first-order chi connectivity index (χ1) is 8.74. The Kier molecular flexibility index (Phi) is 2.71. The van der Waals surface area contributed by atoms with Crippen LogP contribution in [0.25, 0.3) is 17.1 Å². The first-order valence-corrected chi connectivity index (χ1v) is 6.49. The zero-order valence-electron chi connectivity index (χ0n) is 10.1. The summed E-state index contributed by atoms with van der Waals surface area (Å²) in [5.41, 5.74) is 0. The van der Waals surface area contributed by atoms with E-state index in [1.165, 1.54) is 11.3 Å². The van der Waals surface area contributed by atoms with Crippen molar-refractivity contribution in [2.75, 3.05) is 0 Å². The normalized spacial score (nSPS) is 12.2. The van der Waals surface area contributed by atoms with Crippen LogP contribution < -0.4 is 0 Å². The second kappa shape index (κ2) is 4.38. The van der Waals surface area contributed by atoms with Crippen LogP contribution in [0.5, 0.6) is 0 Å². The average molecular weight is 260 g/mol. The lowest BCUT2D eigenvalue weighted by molar-refractivity contribution is 0.557. The molecule has 0 aliphatic carbocycles. The molecule has 5 nitrogen and oxygen atoms in total. The maximum absolute atomic E-state index is 5.23. The largest absolute Gasteiger partial charge is 0.465 e. The third-order valence-electron chi connectivity index (χ3n) is 2.48. The van der Waals surface area contributed by atoms with Gasteiger partial charge in [-0.2, -0.15) is 9.61 Å². The van der Waals surface area contributed by atoms with E-state index in [2.05, 4.69) is 29.1 Å². The van der Waals surface area contributed by atoms with Crippen molar-refractivity contribution in [3.8, 4) is 0 Å². The molecule has 0 atom stereocenters. The molecule has 0 fully saturated rings. The third kappa shape index (κ3) is 1.95. The highest BCUT2D eigenvalue weighted by Gasteiger charge is 2.12. The summed E-state index contributed by atoms with van der Waals surface area (Å²) in [5.74, 6) is 2.01. The van der Waals surface area contributed by atoms with E-state index in [1.807, 2.05) is 24.3 Å². The molecule has 0 aromatic carbocycles. The van der Waals surface area contributed by atoms with Crippen molar-refractivity contribution in [3.05, 3.63) is 35.0 Å². The van der Waals surface area contributed by atoms with Gasteiger partial charge in [0.05, 0.1) is 6.26 Å². The molecule has 0 bridgehead atoms. The van der Waals surface area contributed by atoms with Gasteiger partial charge in [-0.3, -0.25) is 0 Å². The second-order valence-corrected chi connectivity index (χ2v) is 5.18. The standard InChI is InChI=1S/C12H12N4OS/c1-8(2)11-13-14-12-16(11)15-10(18-12)6-5-9-4-3-7-17-9/h3-8H,1-2H3/b6-5+. The molecule has 0 radical (unpaired) electrons. The minimum absolute atomic E-state index is 0.309. The number of hydrogen-bond acceptors (Lipinski definition) is 5. The van der Waals surface area contributed by atoms with Gasteiger partial charge in [0.2, 0.25) is 4.96 Å². The predicted octanol–water partition coefficient (Wildman–Crippen LogP) is 3.07. The maximum atomic E-state index is 5.23. The molecule has 0 aliphatic heterocycles. The molecule has 0 unspecified atom stereocenters. The number of fused-ring (bicyclic) bond motifs is 1. The summed E-state index contributed by atoms with van der Waals surface area (Å²) < 4.78 is 7.03. The lowest BCUT2D eigenvalue weighted by Gasteiger charge is -1.96. The van der Waals surface area contributed by atoms with Gasteiger partial charge < -0.3 is 4.42 Å². The van der Waals surface area contributed by atoms with Gasteiger partial charge in [0, 0.05) is 5.92 Å². The molecule has 0 aliphatic rings. The minimum atomic E-state index is 0.309. The van der Waals surface area contributed by atoms with Crippen LogP contribution in [0, 0.1) is 0 Å². The smallest absolute Gasteiger partial charge is 0.234 e. The first-order valence-electron chi connectivity index (χ1n) is 5.68. The number of nitrogens with zero attached hydrogens (tertiary/aromatic N) is 4. The monoisotopic (exact) mass is 260 g/mol. The highest BCUT2D eigenvalue weighted by Crippen LogP contribution is 2.20. The summed E-state index contributed by atoms with van der Waals surface area (Å²) in [6.45, 7) is 4.16. The van der Waals surface area contributed by atoms with E-state index in [4.69, 9.17) is 4.42 Å². The van der Waals surface area contributed by atoms with Crippen LogP contribution in [0.2, 0.25) is 0 Å². The molecule has 3 heterocycles. The predicted molar refractivity (Wildman–Crippen MR) is 70.4 cm³/mol. The van der Waals surface area contributed by atoms with E-state index in [0.29, 0.717) is 5.92 Å². The Hall–Kier alpha value is -1.95. The van der Waals surface area contributed by atoms with Gasteiger partial charge in [-0.1, -0.05) is 25.2 Å². The van der Waals surface area contributed by atoms with E-state index in [9.17, 15) is 0 Å². The summed E-state index contributed by atoms with van der Waals surface area (Å²) in [6.07, 6.45) is 5.46. The van der Waals surface area contributed by atoms with Crippen molar-refractivity contribution in [3.63, 3.8) is 0 Å². The van der Waals surface area contributed by atoms with Crippen LogP contribution in [0.4, 0.5) is 0 Å². The molecule has 0 saturated carbocycles. The number of aromatic nitrogens is 4. The lowest BCUT2D eigenvalue weighted by Crippen LogP contribution is -1.97. The Morgan fingerprint density at radius 2 is 2.22 bits per heavy atom. The van der Waals surface area contributed by atoms with Crippen LogP contribution in [0.1, 0.15) is 36.4 Å². The molecule has 0 N–H and O–H groups in total. The van der Waals surface area contributed by atoms with Gasteiger partial charge in [0.1, 0.15) is 10.8 Å². The van der Waals surface area contributed by atoms with Crippen molar-refractivity contribution >= 4 is 28.4 Å². The highest BCUT2D eigenvalue weighted by molar-refractivity contribution is 7.17. The zero-order valence-corrected chi connectivity index (χ0v) is 10.9. The zero-order chi connectivity index (χ0) is 12.5. The first kappa shape index (κ1) is 11.2. The van der Waals surface area contributed by atoms with Crippen LogP contribution in [-0.2, 0) is 0 Å². The summed E-state index contributed by atoms with van der Waals surface area (Å²) in [4.78, 5) is 0.817. The Balaban J connectivity index is 1.94. The number of hydrogen-bond donors (Lipinski definition) is 0. The fraction of sp³-hybridized carbons (Fsp3) is 0.250. The molecule has 3 aromatic rings. The molecule has 6 heteroatoms. The molecule has 3 rings (SSSR count). The van der Waals surface area contributed by atoms with Gasteiger partial charge in [0.15, 0.2) is 5.82 Å². The van der Waals surface area contributed by atoms with E-state index in [1.54, 1.807) is 10.8 Å². The summed E-state index contributed by atoms with van der Waals surface area (Å²) >= 11 is 1.51. The van der Waals surface area contributed by atoms with E-state index in [-0.39, 0.29) is 0 Å². The van der Waals surface area contributed by atoms with Gasteiger partial charge >= 0.3 is 0 Å². The summed E-state index contributed by atoms with van der Waals surface area (Å²) in [5, 5.41) is 13.6. The maximum Gasteiger partial charge on any atom is 0.234 e. The fourth-order valence-electron chi connectivity index (χ4n) is 1.61. The van der Waals surface area contributed by atoms with Gasteiger partial charge in [-0.25, -0.2) is 0 Å². The Labute approximate surface area is 108 Å². The minimum Gasteiger partial charge on any atom is -0.465 e. The van der Waals surface area contributed by atoms with E-state index < -0.39 is 0 Å². The van der Waals surface area contributed by atoms with E-state index in [0.717, 1.165) is 21.6 Å². The van der Waals surface area contributed by atoms with E-state index >= 15 is 0 Å². The quantitative estimate of drug-likeness (QED) is 0.726. The SMILES string of the molecule is CC(C)c1nnc2sc(/C=C/c3ccco3)nn12. The molecule has 92 valence electrons. The number of rotatable bonds is 3. The van der Waals surface area contributed by atoms with Gasteiger partial charge in [-0.05, 0) is 24.3 Å². The van der Waals surface area contributed by atoms with Crippen molar-refractivity contribution in [2.24, 2.45) is 0 Å². The second-order valence-electron chi connectivity index (χ2n) is 4.20. The van der Waals surface area contributed by atoms with Crippen molar-refractivity contribution in [1.82, 2.24) is 19.8 Å². The van der Waals surface area contributed by atoms with Crippen LogP contribution in [0.15, 0.2) is 22.8 Å². The van der Waals surface area contributed by atoms with Crippen LogP contribution in [0.3, 0.4) is 0 Å². The van der Waals surface area contributed by atoms with Gasteiger partial charge in [-0.15, -0.1) is 10.2 Å². The molecule has 18 heavy (non-hydrogen) atoms. The average Bonchev–Trinajstić information content (AvgIpc) is 3.02. The molecule has 3 aromatic heterocycles. The van der Waals surface area contributed by atoms with Crippen LogP contribution in [-0.4, -0.2) is 19.8 Å². The Morgan fingerprint density at radius 3 is 2.94 bits per heavy atom. The Bertz CT molecular complexity index is 678. The summed E-state index contributed by atoms with van der Waals surface area (Å²) in [7, 11) is 0. The molecular weight excluding hydrogens is 248 g/mol. The molecular formula is C12H12N4OS. The third-order valence-corrected chi connectivity index (χ3v) is 3.34. The fourth-order valence-corrected chi connectivity index (χ4v) is 2.36. The van der Waals surface area contributed by atoms with Crippen molar-refractivity contribution < 1.29 is 4.42 Å².